The molecule has 1 atom stereocenters. The molecule has 0 aromatic carbocycles. The van der Waals surface area contributed by atoms with Gasteiger partial charge in [-0.05, 0) is 25.6 Å². The molecule has 1 N–H and O–H groups in total. The van der Waals surface area contributed by atoms with E-state index in [4.69, 9.17) is 0 Å². The zero-order valence-corrected chi connectivity index (χ0v) is 6.33. The van der Waals surface area contributed by atoms with E-state index in [1.165, 1.54) is 5.56 Å². The van der Waals surface area contributed by atoms with Crippen molar-refractivity contribution in [2.45, 2.75) is 13.0 Å². The number of hydrogen-bond donors (Lipinski definition) is 1. The first-order valence-electron chi connectivity index (χ1n) is 3.42. The lowest BCUT2D eigenvalue weighted by Crippen LogP contribution is -2.12. The molecule has 1 aromatic heterocycles. The van der Waals surface area contributed by atoms with Crippen LogP contribution in [0.25, 0.3) is 0 Å². The van der Waals surface area contributed by atoms with Crippen molar-refractivity contribution in [1.29, 1.82) is 0 Å². The predicted octanol–water partition coefficient (Wildman–Crippen LogP) is 1.36. The third-order valence-electron chi connectivity index (χ3n) is 1.62. The van der Waals surface area contributed by atoms with Crippen molar-refractivity contribution in [3.05, 3.63) is 30.1 Å². The fourth-order valence-electron chi connectivity index (χ4n) is 0.799. The molecule has 0 bridgehead atoms. The van der Waals surface area contributed by atoms with Crippen LogP contribution in [0.3, 0.4) is 0 Å². The van der Waals surface area contributed by atoms with Crippen LogP contribution in [0.5, 0.6) is 0 Å². The molecule has 0 spiro atoms. The molecule has 0 unspecified atom stereocenters. The zero-order chi connectivity index (χ0) is 7.40. The number of pyridine rings is 1. The molecular weight excluding hydrogens is 124 g/mol. The third kappa shape index (κ3) is 1.54. The Kier molecular flexibility index (Phi) is 2.40. The Morgan fingerprint density at radius 3 is 2.90 bits per heavy atom. The minimum Gasteiger partial charge on any atom is -0.313 e. The molecule has 1 heterocycles. The molecule has 10 heavy (non-hydrogen) atoms. The average Bonchev–Trinajstić information content (AvgIpc) is 2.05. The van der Waals surface area contributed by atoms with Crippen LogP contribution in [0.15, 0.2) is 24.5 Å². The monoisotopic (exact) mass is 136 g/mol. The smallest absolute Gasteiger partial charge is 0.0315 e. The average molecular weight is 136 g/mol. The highest BCUT2D eigenvalue weighted by Crippen LogP contribution is 2.07. The van der Waals surface area contributed by atoms with E-state index in [0.717, 1.165) is 0 Å². The molecule has 0 saturated heterocycles. The summed E-state index contributed by atoms with van der Waals surface area (Å²) in [6.07, 6.45) is 3.66. The van der Waals surface area contributed by atoms with E-state index in [1.54, 1.807) is 6.20 Å². The summed E-state index contributed by atoms with van der Waals surface area (Å²) in [4.78, 5) is 4.01. The molecule has 1 rings (SSSR count). The van der Waals surface area contributed by atoms with Gasteiger partial charge < -0.3 is 5.32 Å². The lowest BCUT2D eigenvalue weighted by molar-refractivity contribution is 0.649. The lowest BCUT2D eigenvalue weighted by Gasteiger charge is -2.08. The standard InChI is InChI=1S/C8H12N2/c1-7(9-2)8-4-3-5-10-6-8/h3-7,9H,1-2H3/t7-/m1/s1. The summed E-state index contributed by atoms with van der Waals surface area (Å²) in [7, 11) is 1.94. The molecule has 0 saturated carbocycles. The maximum absolute atomic E-state index is 4.01. The molecule has 0 amide bonds. The van der Waals surface area contributed by atoms with Crippen LogP contribution in [0.4, 0.5) is 0 Å². The van der Waals surface area contributed by atoms with E-state index in [9.17, 15) is 0 Å². The first-order valence-corrected chi connectivity index (χ1v) is 3.42. The lowest BCUT2D eigenvalue weighted by atomic mass is 10.1. The van der Waals surface area contributed by atoms with Gasteiger partial charge in [0.15, 0.2) is 0 Å². The van der Waals surface area contributed by atoms with Gasteiger partial charge in [0.25, 0.3) is 0 Å². The second kappa shape index (κ2) is 3.32. The Balaban J connectivity index is 2.75. The number of aromatic nitrogens is 1. The normalized spacial score (nSPS) is 13.0. The van der Waals surface area contributed by atoms with Crippen molar-refractivity contribution in [1.82, 2.24) is 10.3 Å². The SMILES string of the molecule is CN[C@H](C)c1cccnc1. The molecule has 1 aromatic rings. The van der Waals surface area contributed by atoms with E-state index < -0.39 is 0 Å². The molecule has 0 aliphatic rings. The van der Waals surface area contributed by atoms with Gasteiger partial charge in [0, 0.05) is 18.4 Å². The highest BCUT2D eigenvalue weighted by atomic mass is 14.9. The van der Waals surface area contributed by atoms with Gasteiger partial charge in [-0.25, -0.2) is 0 Å². The van der Waals surface area contributed by atoms with Crippen molar-refractivity contribution in [3.8, 4) is 0 Å². The van der Waals surface area contributed by atoms with Crippen molar-refractivity contribution in [2.75, 3.05) is 7.05 Å². The summed E-state index contributed by atoms with van der Waals surface area (Å²) in [5, 5.41) is 3.14. The predicted molar refractivity (Wildman–Crippen MR) is 41.7 cm³/mol. The van der Waals surface area contributed by atoms with Crippen molar-refractivity contribution < 1.29 is 0 Å². The van der Waals surface area contributed by atoms with Crippen LogP contribution >= 0.6 is 0 Å². The van der Waals surface area contributed by atoms with Gasteiger partial charge in [-0.1, -0.05) is 6.07 Å². The Morgan fingerprint density at radius 2 is 2.40 bits per heavy atom. The molecular formula is C8H12N2. The summed E-state index contributed by atoms with van der Waals surface area (Å²) in [5.41, 5.74) is 1.23. The van der Waals surface area contributed by atoms with Crippen LogP contribution in [-0.2, 0) is 0 Å². The van der Waals surface area contributed by atoms with E-state index in [-0.39, 0.29) is 0 Å². The first-order chi connectivity index (χ1) is 4.84. The van der Waals surface area contributed by atoms with E-state index in [0.29, 0.717) is 6.04 Å². The summed E-state index contributed by atoms with van der Waals surface area (Å²) < 4.78 is 0. The number of nitrogens with zero attached hydrogens (tertiary/aromatic N) is 1. The van der Waals surface area contributed by atoms with Crippen molar-refractivity contribution in [3.63, 3.8) is 0 Å². The van der Waals surface area contributed by atoms with E-state index in [1.807, 2.05) is 19.3 Å². The highest BCUT2D eigenvalue weighted by Gasteiger charge is 1.98. The molecule has 54 valence electrons. The Morgan fingerprint density at radius 1 is 1.60 bits per heavy atom. The van der Waals surface area contributed by atoms with Crippen LogP contribution in [-0.4, -0.2) is 12.0 Å². The van der Waals surface area contributed by atoms with Crippen molar-refractivity contribution >= 4 is 0 Å². The van der Waals surface area contributed by atoms with E-state index in [2.05, 4.69) is 23.3 Å². The zero-order valence-electron chi connectivity index (χ0n) is 6.33. The third-order valence-corrected chi connectivity index (χ3v) is 1.62. The molecule has 2 heteroatoms. The summed E-state index contributed by atoms with van der Waals surface area (Å²) in [6, 6.07) is 4.41. The van der Waals surface area contributed by atoms with Crippen LogP contribution in [0.2, 0.25) is 0 Å². The van der Waals surface area contributed by atoms with Gasteiger partial charge in [-0.15, -0.1) is 0 Å². The topological polar surface area (TPSA) is 24.9 Å². The van der Waals surface area contributed by atoms with Crippen LogP contribution < -0.4 is 5.32 Å². The summed E-state index contributed by atoms with van der Waals surface area (Å²) in [5.74, 6) is 0. The quantitative estimate of drug-likeness (QED) is 0.664. The second-order valence-corrected chi connectivity index (χ2v) is 2.30. The van der Waals surface area contributed by atoms with Gasteiger partial charge in [-0.2, -0.15) is 0 Å². The maximum atomic E-state index is 4.01. The van der Waals surface area contributed by atoms with Gasteiger partial charge in [0.2, 0.25) is 0 Å². The first kappa shape index (κ1) is 7.22. The molecule has 2 nitrogen and oxygen atoms in total. The Bertz CT molecular complexity index is 184. The Hall–Kier alpha value is -0.890. The minimum absolute atomic E-state index is 0.397. The van der Waals surface area contributed by atoms with Crippen LogP contribution in [0, 0.1) is 0 Å². The number of rotatable bonds is 2. The molecule has 0 aliphatic carbocycles. The summed E-state index contributed by atoms with van der Waals surface area (Å²) in [6.45, 7) is 2.11. The molecule has 0 radical (unpaired) electrons. The van der Waals surface area contributed by atoms with Gasteiger partial charge in [-0.3, -0.25) is 4.98 Å². The van der Waals surface area contributed by atoms with Gasteiger partial charge >= 0.3 is 0 Å². The Labute approximate surface area is 61.3 Å². The van der Waals surface area contributed by atoms with E-state index >= 15 is 0 Å². The number of hydrogen-bond acceptors (Lipinski definition) is 2. The minimum atomic E-state index is 0.397. The van der Waals surface area contributed by atoms with Crippen LogP contribution in [0.1, 0.15) is 18.5 Å². The fraction of sp³-hybridized carbons (Fsp3) is 0.375. The van der Waals surface area contributed by atoms with Crippen molar-refractivity contribution in [2.24, 2.45) is 0 Å². The summed E-state index contributed by atoms with van der Waals surface area (Å²) >= 11 is 0. The van der Waals surface area contributed by atoms with Gasteiger partial charge in [0.1, 0.15) is 0 Å². The second-order valence-electron chi connectivity index (χ2n) is 2.30. The molecule has 0 aliphatic heterocycles. The maximum Gasteiger partial charge on any atom is 0.0315 e. The molecule has 0 fully saturated rings. The number of nitrogens with one attached hydrogen (secondary N) is 1. The largest absolute Gasteiger partial charge is 0.313 e. The van der Waals surface area contributed by atoms with Gasteiger partial charge in [0.05, 0.1) is 0 Å². The fourth-order valence-corrected chi connectivity index (χ4v) is 0.799. The highest BCUT2D eigenvalue weighted by molar-refractivity contribution is 5.12.